The van der Waals surface area contributed by atoms with Gasteiger partial charge in [-0.1, -0.05) is 29.3 Å². The van der Waals surface area contributed by atoms with Crippen molar-refractivity contribution in [1.82, 2.24) is 9.97 Å². The first-order valence-electron chi connectivity index (χ1n) is 4.71. The minimum absolute atomic E-state index is 0.952. The fourth-order valence-electron chi connectivity index (χ4n) is 1.40. The number of hydrogen-bond acceptors (Lipinski definition) is 2. The Morgan fingerprint density at radius 3 is 2.93 bits per heavy atom. The molecular weight excluding hydrogens is 240 g/mol. The molecule has 2 nitrogen and oxygen atoms in total. The number of hydrogen-bond donors (Lipinski definition) is 0. The molecule has 1 aromatic carbocycles. The molecule has 0 unspecified atom stereocenters. The molecule has 0 spiro atoms. The number of halogens is 1. The summed E-state index contributed by atoms with van der Waals surface area (Å²) in [7, 11) is 0. The van der Waals surface area contributed by atoms with E-state index >= 15 is 0 Å². The van der Waals surface area contributed by atoms with Crippen molar-refractivity contribution in [3.8, 4) is 0 Å². The van der Waals surface area contributed by atoms with Crippen molar-refractivity contribution >= 4 is 27.0 Å². The molecule has 0 saturated carbocycles. The summed E-state index contributed by atoms with van der Waals surface area (Å²) in [4.78, 5) is 8.89. The van der Waals surface area contributed by atoms with Crippen LogP contribution in [0.3, 0.4) is 0 Å². The highest BCUT2D eigenvalue weighted by molar-refractivity contribution is 9.10. The van der Waals surface area contributed by atoms with Crippen molar-refractivity contribution in [3.05, 3.63) is 34.6 Å². The summed E-state index contributed by atoms with van der Waals surface area (Å²) in [5, 5.41) is 0. The number of aromatic nitrogens is 2. The standard InChI is InChI=1S/C11H11BrN2/c1-2-3-9-7-13-10-5-4-8(12)6-11(10)14-9/h4-7H,2-3H2,1H3. The lowest BCUT2D eigenvalue weighted by Crippen LogP contribution is -1.92. The SMILES string of the molecule is CCCc1cnc2ccc(Br)cc2n1. The molecule has 0 N–H and O–H groups in total. The lowest BCUT2D eigenvalue weighted by Gasteiger charge is -2.00. The quantitative estimate of drug-likeness (QED) is 0.817. The van der Waals surface area contributed by atoms with Gasteiger partial charge in [0.05, 0.1) is 16.7 Å². The Balaban J connectivity index is 2.52. The number of fused-ring (bicyclic) bond motifs is 1. The second-order valence-electron chi connectivity index (χ2n) is 3.24. The van der Waals surface area contributed by atoms with Gasteiger partial charge in [-0.3, -0.25) is 4.98 Å². The summed E-state index contributed by atoms with van der Waals surface area (Å²) < 4.78 is 1.05. The zero-order chi connectivity index (χ0) is 9.97. The summed E-state index contributed by atoms with van der Waals surface area (Å²) in [5.41, 5.74) is 2.98. The van der Waals surface area contributed by atoms with Crippen LogP contribution in [0.15, 0.2) is 28.9 Å². The molecule has 0 amide bonds. The molecule has 0 radical (unpaired) electrons. The van der Waals surface area contributed by atoms with Crippen LogP contribution in [0, 0.1) is 0 Å². The van der Waals surface area contributed by atoms with Crippen LogP contribution in [0.4, 0.5) is 0 Å². The van der Waals surface area contributed by atoms with E-state index in [4.69, 9.17) is 0 Å². The Kier molecular flexibility index (Phi) is 2.77. The third kappa shape index (κ3) is 1.93. The maximum Gasteiger partial charge on any atom is 0.0901 e. The summed E-state index contributed by atoms with van der Waals surface area (Å²) in [5.74, 6) is 0. The molecule has 2 rings (SSSR count). The average molecular weight is 251 g/mol. The molecule has 3 heteroatoms. The summed E-state index contributed by atoms with van der Waals surface area (Å²) in [6, 6.07) is 5.96. The van der Waals surface area contributed by atoms with Gasteiger partial charge in [0.2, 0.25) is 0 Å². The average Bonchev–Trinajstić information content (AvgIpc) is 2.17. The summed E-state index contributed by atoms with van der Waals surface area (Å²) in [6.07, 6.45) is 3.96. The van der Waals surface area contributed by atoms with Crippen LogP contribution >= 0.6 is 15.9 Å². The topological polar surface area (TPSA) is 25.8 Å². The predicted octanol–water partition coefficient (Wildman–Crippen LogP) is 3.34. The van der Waals surface area contributed by atoms with Crippen molar-refractivity contribution in [2.75, 3.05) is 0 Å². The van der Waals surface area contributed by atoms with E-state index in [1.165, 1.54) is 0 Å². The molecule has 0 aliphatic heterocycles. The molecule has 2 aromatic rings. The van der Waals surface area contributed by atoms with Gasteiger partial charge in [-0.25, -0.2) is 4.98 Å². The van der Waals surface area contributed by atoms with Crippen LogP contribution in [-0.2, 0) is 6.42 Å². The van der Waals surface area contributed by atoms with Gasteiger partial charge in [-0.2, -0.15) is 0 Å². The normalized spacial score (nSPS) is 10.7. The molecule has 1 aromatic heterocycles. The molecule has 0 bridgehead atoms. The Morgan fingerprint density at radius 1 is 1.29 bits per heavy atom. The molecule has 0 fully saturated rings. The van der Waals surface area contributed by atoms with E-state index in [1.54, 1.807) is 0 Å². The third-order valence-electron chi connectivity index (χ3n) is 2.06. The fourth-order valence-corrected chi connectivity index (χ4v) is 1.75. The van der Waals surface area contributed by atoms with Gasteiger partial charge in [-0.05, 0) is 24.6 Å². The minimum Gasteiger partial charge on any atom is -0.253 e. The highest BCUT2D eigenvalue weighted by atomic mass is 79.9. The number of aryl methyl sites for hydroxylation is 1. The Bertz CT molecular complexity index is 454. The second-order valence-corrected chi connectivity index (χ2v) is 4.16. The zero-order valence-corrected chi connectivity index (χ0v) is 9.58. The van der Waals surface area contributed by atoms with Crippen molar-refractivity contribution in [2.24, 2.45) is 0 Å². The molecule has 1 heterocycles. The summed E-state index contributed by atoms with van der Waals surface area (Å²) >= 11 is 3.43. The minimum atomic E-state index is 0.952. The molecule has 0 aliphatic rings. The summed E-state index contributed by atoms with van der Waals surface area (Å²) in [6.45, 7) is 2.15. The van der Waals surface area contributed by atoms with Gasteiger partial charge in [0.25, 0.3) is 0 Å². The smallest absolute Gasteiger partial charge is 0.0901 e. The maximum atomic E-state index is 4.53. The van der Waals surface area contributed by atoms with E-state index in [9.17, 15) is 0 Å². The Morgan fingerprint density at radius 2 is 2.14 bits per heavy atom. The third-order valence-corrected chi connectivity index (χ3v) is 2.55. The van der Waals surface area contributed by atoms with Crippen LogP contribution in [0.2, 0.25) is 0 Å². The number of nitrogens with zero attached hydrogens (tertiary/aromatic N) is 2. The van der Waals surface area contributed by atoms with E-state index in [0.29, 0.717) is 0 Å². The first-order valence-corrected chi connectivity index (χ1v) is 5.50. The first kappa shape index (κ1) is 9.59. The molecule has 0 atom stereocenters. The van der Waals surface area contributed by atoms with Gasteiger partial charge in [-0.15, -0.1) is 0 Å². The van der Waals surface area contributed by atoms with Crippen LogP contribution in [0.5, 0.6) is 0 Å². The van der Waals surface area contributed by atoms with Gasteiger partial charge < -0.3 is 0 Å². The van der Waals surface area contributed by atoms with Crippen LogP contribution < -0.4 is 0 Å². The van der Waals surface area contributed by atoms with Gasteiger partial charge in [0.1, 0.15) is 0 Å². The number of benzene rings is 1. The van der Waals surface area contributed by atoms with Crippen LogP contribution in [0.25, 0.3) is 11.0 Å². The molecular formula is C11H11BrN2. The van der Waals surface area contributed by atoms with Gasteiger partial charge in [0, 0.05) is 10.7 Å². The van der Waals surface area contributed by atoms with Crippen molar-refractivity contribution in [3.63, 3.8) is 0 Å². The van der Waals surface area contributed by atoms with E-state index in [-0.39, 0.29) is 0 Å². The van der Waals surface area contributed by atoms with E-state index in [2.05, 4.69) is 32.8 Å². The Labute approximate surface area is 91.5 Å². The lowest BCUT2D eigenvalue weighted by atomic mass is 10.2. The highest BCUT2D eigenvalue weighted by Gasteiger charge is 1.99. The van der Waals surface area contributed by atoms with E-state index in [1.807, 2.05) is 24.4 Å². The predicted molar refractivity (Wildman–Crippen MR) is 61.2 cm³/mol. The molecule has 0 saturated heterocycles. The fraction of sp³-hybridized carbons (Fsp3) is 0.273. The van der Waals surface area contributed by atoms with Crippen molar-refractivity contribution in [2.45, 2.75) is 19.8 Å². The molecule has 0 aliphatic carbocycles. The maximum absolute atomic E-state index is 4.53. The monoisotopic (exact) mass is 250 g/mol. The largest absolute Gasteiger partial charge is 0.253 e. The van der Waals surface area contributed by atoms with E-state index < -0.39 is 0 Å². The Hall–Kier alpha value is -0.960. The number of rotatable bonds is 2. The first-order chi connectivity index (χ1) is 6.79. The van der Waals surface area contributed by atoms with Gasteiger partial charge in [0.15, 0.2) is 0 Å². The lowest BCUT2D eigenvalue weighted by molar-refractivity contribution is 0.881. The van der Waals surface area contributed by atoms with Crippen LogP contribution in [0.1, 0.15) is 19.0 Å². The van der Waals surface area contributed by atoms with Crippen molar-refractivity contribution in [1.29, 1.82) is 0 Å². The highest BCUT2D eigenvalue weighted by Crippen LogP contribution is 2.16. The van der Waals surface area contributed by atoms with Crippen LogP contribution in [-0.4, -0.2) is 9.97 Å². The van der Waals surface area contributed by atoms with Crippen molar-refractivity contribution < 1.29 is 0 Å². The van der Waals surface area contributed by atoms with Gasteiger partial charge >= 0.3 is 0 Å². The zero-order valence-electron chi connectivity index (χ0n) is 8.00. The second kappa shape index (κ2) is 4.05. The molecule has 72 valence electrons. The van der Waals surface area contributed by atoms with E-state index in [0.717, 1.165) is 34.0 Å². The molecule has 14 heavy (non-hydrogen) atoms.